The number of carbonyl (C=O) groups is 1. The molecule has 21 heavy (non-hydrogen) atoms. The van der Waals surface area contributed by atoms with Crippen LogP contribution in [0.5, 0.6) is 5.75 Å². The Morgan fingerprint density at radius 3 is 2.52 bits per heavy atom. The molecule has 0 fully saturated rings. The van der Waals surface area contributed by atoms with Gasteiger partial charge in [0.2, 0.25) is 5.91 Å². The second kappa shape index (κ2) is 6.31. The van der Waals surface area contributed by atoms with Gasteiger partial charge in [0.05, 0.1) is 0 Å². The van der Waals surface area contributed by atoms with Crippen LogP contribution in [0.3, 0.4) is 0 Å². The highest BCUT2D eigenvalue weighted by molar-refractivity contribution is 5.91. The van der Waals surface area contributed by atoms with E-state index >= 15 is 0 Å². The van der Waals surface area contributed by atoms with Gasteiger partial charge in [-0.05, 0) is 54.3 Å². The molecule has 0 saturated carbocycles. The van der Waals surface area contributed by atoms with Gasteiger partial charge in [-0.2, -0.15) is 0 Å². The number of phenolic OH excluding ortho intramolecular Hbond substituents is 1. The monoisotopic (exact) mass is 284 g/mol. The Balaban J connectivity index is 1.97. The van der Waals surface area contributed by atoms with Crippen LogP contribution in [0.4, 0.5) is 11.4 Å². The zero-order chi connectivity index (χ0) is 15.4. The Morgan fingerprint density at radius 2 is 1.90 bits per heavy atom. The molecule has 0 aromatic heterocycles. The van der Waals surface area contributed by atoms with Crippen molar-refractivity contribution >= 4 is 17.3 Å². The van der Waals surface area contributed by atoms with Crippen molar-refractivity contribution in [1.29, 1.82) is 0 Å². The van der Waals surface area contributed by atoms with Gasteiger partial charge in [-0.25, -0.2) is 0 Å². The molecular formula is C17H20N2O2. The van der Waals surface area contributed by atoms with Crippen LogP contribution in [0.25, 0.3) is 0 Å². The van der Waals surface area contributed by atoms with Gasteiger partial charge in [-0.15, -0.1) is 0 Å². The molecular weight excluding hydrogens is 264 g/mol. The van der Waals surface area contributed by atoms with E-state index in [4.69, 9.17) is 5.73 Å². The van der Waals surface area contributed by atoms with Crippen LogP contribution in [0.2, 0.25) is 0 Å². The van der Waals surface area contributed by atoms with Gasteiger partial charge in [0.1, 0.15) is 5.75 Å². The summed E-state index contributed by atoms with van der Waals surface area (Å²) in [5.41, 5.74) is 8.89. The lowest BCUT2D eigenvalue weighted by Crippen LogP contribution is -2.14. The topological polar surface area (TPSA) is 75.4 Å². The molecule has 1 atom stereocenters. The summed E-state index contributed by atoms with van der Waals surface area (Å²) in [6.07, 6.45) is 0.393. The highest BCUT2D eigenvalue weighted by Gasteiger charge is 2.11. The number of hydrogen-bond donors (Lipinski definition) is 3. The lowest BCUT2D eigenvalue weighted by Gasteiger charge is -2.13. The molecule has 0 radical (unpaired) electrons. The highest BCUT2D eigenvalue weighted by Crippen LogP contribution is 2.23. The van der Waals surface area contributed by atoms with Gasteiger partial charge in [-0.1, -0.05) is 19.1 Å². The van der Waals surface area contributed by atoms with Crippen molar-refractivity contribution in [3.05, 3.63) is 53.6 Å². The second-order valence-electron chi connectivity index (χ2n) is 5.32. The fourth-order valence-electron chi connectivity index (χ4n) is 2.17. The third kappa shape index (κ3) is 3.99. The molecule has 0 saturated heterocycles. The summed E-state index contributed by atoms with van der Waals surface area (Å²) in [5, 5.41) is 12.3. The Bertz CT molecular complexity index is 636. The normalized spacial score (nSPS) is 11.9. The molecule has 0 aliphatic heterocycles. The third-order valence-corrected chi connectivity index (χ3v) is 3.48. The molecule has 0 spiro atoms. The van der Waals surface area contributed by atoms with E-state index in [2.05, 4.69) is 5.32 Å². The second-order valence-corrected chi connectivity index (χ2v) is 5.32. The minimum atomic E-state index is -0.0515. The lowest BCUT2D eigenvalue weighted by atomic mass is 9.97. The van der Waals surface area contributed by atoms with E-state index in [0.717, 1.165) is 16.8 Å². The number of rotatable bonds is 4. The minimum absolute atomic E-state index is 0.0515. The molecule has 2 rings (SSSR count). The van der Waals surface area contributed by atoms with E-state index in [1.165, 1.54) is 0 Å². The molecule has 2 aromatic rings. The molecule has 110 valence electrons. The van der Waals surface area contributed by atoms with Crippen molar-refractivity contribution in [2.24, 2.45) is 0 Å². The number of nitrogens with one attached hydrogen (secondary N) is 1. The van der Waals surface area contributed by atoms with E-state index in [1.54, 1.807) is 25.1 Å². The zero-order valence-electron chi connectivity index (χ0n) is 12.3. The van der Waals surface area contributed by atoms with Gasteiger partial charge >= 0.3 is 0 Å². The minimum Gasteiger partial charge on any atom is -0.508 e. The number of amides is 1. The number of hydrogen-bond acceptors (Lipinski definition) is 3. The largest absolute Gasteiger partial charge is 0.508 e. The summed E-state index contributed by atoms with van der Waals surface area (Å²) in [7, 11) is 0. The molecule has 0 aliphatic carbocycles. The number of benzene rings is 2. The molecule has 0 bridgehead atoms. The molecule has 0 heterocycles. The van der Waals surface area contributed by atoms with Crippen LogP contribution in [-0.4, -0.2) is 11.0 Å². The average molecular weight is 284 g/mol. The summed E-state index contributed by atoms with van der Waals surface area (Å²) in [6.45, 7) is 3.80. The van der Waals surface area contributed by atoms with E-state index in [0.29, 0.717) is 12.1 Å². The number of carbonyl (C=O) groups excluding carboxylic acids is 1. The summed E-state index contributed by atoms with van der Waals surface area (Å²) >= 11 is 0. The maximum absolute atomic E-state index is 12.1. The first kappa shape index (κ1) is 14.9. The van der Waals surface area contributed by atoms with Crippen LogP contribution < -0.4 is 11.1 Å². The molecule has 0 aliphatic rings. The first-order chi connectivity index (χ1) is 9.95. The van der Waals surface area contributed by atoms with Crippen LogP contribution in [0.15, 0.2) is 42.5 Å². The Labute approximate surface area is 124 Å². The molecule has 4 nitrogen and oxygen atoms in total. The fourth-order valence-corrected chi connectivity index (χ4v) is 2.17. The Hall–Kier alpha value is -2.49. The van der Waals surface area contributed by atoms with E-state index < -0.39 is 0 Å². The van der Waals surface area contributed by atoms with Gasteiger partial charge < -0.3 is 16.2 Å². The predicted octanol–water partition coefficient (Wildman–Crippen LogP) is 3.42. The standard InChI is InChI=1S/C17H20N2O2/c1-11(13-3-5-14(18)6-4-13)10-17(21)19-15-7-8-16(20)12(2)9-15/h3-9,11,20H,10,18H2,1-2H3,(H,19,21). The molecule has 1 unspecified atom stereocenters. The summed E-state index contributed by atoms with van der Waals surface area (Å²) in [4.78, 5) is 12.1. The molecule has 1 amide bonds. The molecule has 4 N–H and O–H groups in total. The fraction of sp³-hybridized carbons (Fsp3) is 0.235. The Kier molecular flexibility index (Phi) is 4.48. The van der Waals surface area contributed by atoms with E-state index in [1.807, 2.05) is 31.2 Å². The predicted molar refractivity (Wildman–Crippen MR) is 85.4 cm³/mol. The van der Waals surface area contributed by atoms with Crippen molar-refractivity contribution in [2.45, 2.75) is 26.2 Å². The highest BCUT2D eigenvalue weighted by atomic mass is 16.3. The van der Waals surface area contributed by atoms with Crippen molar-refractivity contribution in [3.8, 4) is 5.75 Å². The maximum Gasteiger partial charge on any atom is 0.224 e. The van der Waals surface area contributed by atoms with Crippen molar-refractivity contribution in [1.82, 2.24) is 0 Å². The Morgan fingerprint density at radius 1 is 1.24 bits per heavy atom. The average Bonchev–Trinajstić information content (AvgIpc) is 2.43. The number of phenols is 1. The van der Waals surface area contributed by atoms with Gasteiger partial charge in [0.15, 0.2) is 0 Å². The molecule has 4 heteroatoms. The summed E-state index contributed by atoms with van der Waals surface area (Å²) in [6, 6.07) is 12.6. The number of nitrogens with two attached hydrogens (primary N) is 1. The van der Waals surface area contributed by atoms with Crippen LogP contribution >= 0.6 is 0 Å². The van der Waals surface area contributed by atoms with Gasteiger partial charge in [0, 0.05) is 17.8 Å². The first-order valence-electron chi connectivity index (χ1n) is 6.90. The SMILES string of the molecule is Cc1cc(NC(=O)CC(C)c2ccc(N)cc2)ccc1O. The van der Waals surface area contributed by atoms with Crippen LogP contribution in [0, 0.1) is 6.92 Å². The third-order valence-electron chi connectivity index (χ3n) is 3.48. The summed E-state index contributed by atoms with van der Waals surface area (Å²) < 4.78 is 0. The van der Waals surface area contributed by atoms with Gasteiger partial charge in [0.25, 0.3) is 0 Å². The van der Waals surface area contributed by atoms with E-state index in [-0.39, 0.29) is 17.6 Å². The van der Waals surface area contributed by atoms with Crippen molar-refractivity contribution in [3.63, 3.8) is 0 Å². The maximum atomic E-state index is 12.1. The van der Waals surface area contributed by atoms with Crippen LogP contribution in [0.1, 0.15) is 30.4 Å². The summed E-state index contributed by atoms with van der Waals surface area (Å²) in [5.74, 6) is 0.288. The van der Waals surface area contributed by atoms with E-state index in [9.17, 15) is 9.90 Å². The smallest absolute Gasteiger partial charge is 0.224 e. The first-order valence-corrected chi connectivity index (χ1v) is 6.90. The molecule has 2 aromatic carbocycles. The van der Waals surface area contributed by atoms with Crippen molar-refractivity contribution < 1.29 is 9.90 Å². The van der Waals surface area contributed by atoms with Crippen LogP contribution in [-0.2, 0) is 4.79 Å². The number of anilines is 2. The number of aromatic hydroxyl groups is 1. The number of nitrogen functional groups attached to an aromatic ring is 1. The lowest BCUT2D eigenvalue weighted by molar-refractivity contribution is -0.116. The van der Waals surface area contributed by atoms with Crippen molar-refractivity contribution in [2.75, 3.05) is 11.1 Å². The number of aryl methyl sites for hydroxylation is 1. The quantitative estimate of drug-likeness (QED) is 0.595. The zero-order valence-corrected chi connectivity index (χ0v) is 12.3. The van der Waals surface area contributed by atoms with Gasteiger partial charge in [-0.3, -0.25) is 4.79 Å².